The van der Waals surface area contributed by atoms with Crippen molar-refractivity contribution in [1.82, 2.24) is 5.32 Å². The van der Waals surface area contributed by atoms with Crippen molar-refractivity contribution in [2.75, 3.05) is 20.3 Å². The largest absolute Gasteiger partial charge is 0.481 e. The van der Waals surface area contributed by atoms with Crippen LogP contribution in [0.15, 0.2) is 0 Å². The molecule has 0 aromatic heterocycles. The molecular formula is C12H25NO3. The van der Waals surface area contributed by atoms with Crippen LogP contribution in [0.4, 0.5) is 0 Å². The van der Waals surface area contributed by atoms with E-state index in [1.807, 2.05) is 0 Å². The summed E-state index contributed by atoms with van der Waals surface area (Å²) in [5, 5.41) is 12.0. The summed E-state index contributed by atoms with van der Waals surface area (Å²) >= 11 is 0. The minimum atomic E-state index is -0.703. The Morgan fingerprint density at radius 3 is 2.56 bits per heavy atom. The summed E-state index contributed by atoms with van der Waals surface area (Å²) in [6.45, 7) is 6.03. The fourth-order valence-electron chi connectivity index (χ4n) is 1.57. The van der Waals surface area contributed by atoms with Crippen molar-refractivity contribution in [3.63, 3.8) is 0 Å². The topological polar surface area (TPSA) is 58.6 Å². The van der Waals surface area contributed by atoms with Crippen molar-refractivity contribution in [2.45, 2.75) is 51.5 Å². The molecule has 0 aromatic rings. The van der Waals surface area contributed by atoms with Crippen molar-refractivity contribution < 1.29 is 14.6 Å². The van der Waals surface area contributed by atoms with Crippen LogP contribution in [-0.4, -0.2) is 36.9 Å². The van der Waals surface area contributed by atoms with Gasteiger partial charge < -0.3 is 15.2 Å². The van der Waals surface area contributed by atoms with Gasteiger partial charge in [-0.3, -0.25) is 4.79 Å². The SMILES string of the molecule is COCCCNC(C)(C)CCCCC(=O)O. The summed E-state index contributed by atoms with van der Waals surface area (Å²) in [6.07, 6.45) is 4.01. The number of rotatable bonds is 10. The van der Waals surface area contributed by atoms with Gasteiger partial charge >= 0.3 is 5.97 Å². The molecule has 0 amide bonds. The minimum Gasteiger partial charge on any atom is -0.481 e. The summed E-state index contributed by atoms with van der Waals surface area (Å²) in [5.41, 5.74) is 0.0895. The van der Waals surface area contributed by atoms with Crippen LogP contribution < -0.4 is 5.32 Å². The third-order valence-electron chi connectivity index (χ3n) is 2.57. The zero-order valence-electron chi connectivity index (χ0n) is 10.7. The maximum atomic E-state index is 10.3. The van der Waals surface area contributed by atoms with Gasteiger partial charge in [-0.15, -0.1) is 0 Å². The molecule has 4 heteroatoms. The molecule has 0 aliphatic rings. The predicted molar refractivity (Wildman–Crippen MR) is 64.7 cm³/mol. The van der Waals surface area contributed by atoms with Gasteiger partial charge in [0.25, 0.3) is 0 Å². The van der Waals surface area contributed by atoms with Gasteiger partial charge in [-0.05, 0) is 39.7 Å². The number of aliphatic carboxylic acids is 1. The molecule has 0 aliphatic carbocycles. The van der Waals surface area contributed by atoms with E-state index in [9.17, 15) is 4.79 Å². The Morgan fingerprint density at radius 2 is 2.00 bits per heavy atom. The molecule has 0 atom stereocenters. The van der Waals surface area contributed by atoms with Crippen LogP contribution >= 0.6 is 0 Å². The van der Waals surface area contributed by atoms with Gasteiger partial charge in [0.15, 0.2) is 0 Å². The number of carbonyl (C=O) groups is 1. The molecule has 4 nitrogen and oxygen atoms in total. The van der Waals surface area contributed by atoms with E-state index in [0.717, 1.165) is 38.8 Å². The summed E-state index contributed by atoms with van der Waals surface area (Å²) in [7, 11) is 1.71. The fourth-order valence-corrected chi connectivity index (χ4v) is 1.57. The number of carboxylic acid groups (broad SMARTS) is 1. The minimum absolute atomic E-state index is 0.0895. The Labute approximate surface area is 98.4 Å². The summed E-state index contributed by atoms with van der Waals surface area (Å²) in [6, 6.07) is 0. The monoisotopic (exact) mass is 231 g/mol. The van der Waals surface area contributed by atoms with Crippen LogP contribution in [0.1, 0.15) is 46.0 Å². The maximum Gasteiger partial charge on any atom is 0.303 e. The number of ether oxygens (including phenoxy) is 1. The van der Waals surface area contributed by atoms with Crippen LogP contribution in [0.2, 0.25) is 0 Å². The van der Waals surface area contributed by atoms with Gasteiger partial charge in [0.2, 0.25) is 0 Å². The molecule has 0 radical (unpaired) electrons. The van der Waals surface area contributed by atoms with Crippen LogP contribution in [0.25, 0.3) is 0 Å². The number of methoxy groups -OCH3 is 1. The second-order valence-electron chi connectivity index (χ2n) is 4.76. The summed E-state index contributed by atoms with van der Waals surface area (Å²) in [5.74, 6) is -0.703. The first kappa shape index (κ1) is 15.4. The van der Waals surface area contributed by atoms with Gasteiger partial charge in [-0.2, -0.15) is 0 Å². The number of nitrogens with one attached hydrogen (secondary N) is 1. The first-order valence-electron chi connectivity index (χ1n) is 5.94. The molecule has 2 N–H and O–H groups in total. The maximum absolute atomic E-state index is 10.3. The van der Waals surface area contributed by atoms with Crippen LogP contribution in [0.5, 0.6) is 0 Å². The lowest BCUT2D eigenvalue weighted by Gasteiger charge is -2.26. The molecule has 96 valence electrons. The molecule has 0 spiro atoms. The van der Waals surface area contributed by atoms with Crippen molar-refractivity contribution >= 4 is 5.97 Å². The lowest BCUT2D eigenvalue weighted by molar-refractivity contribution is -0.137. The summed E-state index contributed by atoms with van der Waals surface area (Å²) in [4.78, 5) is 10.3. The second-order valence-corrected chi connectivity index (χ2v) is 4.76. The number of hydrogen-bond acceptors (Lipinski definition) is 3. The standard InChI is InChI=1S/C12H25NO3/c1-12(2,13-9-6-10-16-3)8-5-4-7-11(14)15/h13H,4-10H2,1-3H3,(H,14,15). The highest BCUT2D eigenvalue weighted by atomic mass is 16.5. The number of carboxylic acids is 1. The van der Waals surface area contributed by atoms with E-state index in [1.54, 1.807) is 7.11 Å². The van der Waals surface area contributed by atoms with E-state index in [2.05, 4.69) is 19.2 Å². The molecule has 0 aromatic carbocycles. The predicted octanol–water partition coefficient (Wildman–Crippen LogP) is 2.04. The Balaban J connectivity index is 3.49. The molecular weight excluding hydrogens is 206 g/mol. The number of hydrogen-bond donors (Lipinski definition) is 2. The quantitative estimate of drug-likeness (QED) is 0.565. The van der Waals surface area contributed by atoms with Crippen LogP contribution in [0.3, 0.4) is 0 Å². The van der Waals surface area contributed by atoms with E-state index in [1.165, 1.54) is 0 Å². The third-order valence-corrected chi connectivity index (χ3v) is 2.57. The van der Waals surface area contributed by atoms with Gasteiger partial charge in [0.1, 0.15) is 0 Å². The van der Waals surface area contributed by atoms with Crippen LogP contribution in [-0.2, 0) is 9.53 Å². The molecule has 16 heavy (non-hydrogen) atoms. The Hall–Kier alpha value is -0.610. The summed E-state index contributed by atoms with van der Waals surface area (Å²) < 4.78 is 4.98. The second kappa shape index (κ2) is 8.53. The zero-order chi connectivity index (χ0) is 12.4. The Kier molecular flexibility index (Phi) is 8.21. The molecule has 0 saturated heterocycles. The fraction of sp³-hybridized carbons (Fsp3) is 0.917. The smallest absolute Gasteiger partial charge is 0.303 e. The molecule has 0 aliphatic heterocycles. The van der Waals surface area contributed by atoms with Gasteiger partial charge in [-0.25, -0.2) is 0 Å². The molecule has 0 unspecified atom stereocenters. The first-order chi connectivity index (χ1) is 7.48. The Morgan fingerprint density at radius 1 is 1.31 bits per heavy atom. The molecule has 0 fully saturated rings. The van der Waals surface area contributed by atoms with Gasteiger partial charge in [-0.1, -0.05) is 6.42 Å². The molecule has 0 saturated carbocycles. The lowest BCUT2D eigenvalue weighted by Crippen LogP contribution is -2.40. The lowest BCUT2D eigenvalue weighted by atomic mass is 9.96. The van der Waals surface area contributed by atoms with Crippen molar-refractivity contribution in [3.05, 3.63) is 0 Å². The van der Waals surface area contributed by atoms with Crippen molar-refractivity contribution in [2.24, 2.45) is 0 Å². The van der Waals surface area contributed by atoms with Crippen molar-refractivity contribution in [1.29, 1.82) is 0 Å². The molecule has 0 bridgehead atoms. The average molecular weight is 231 g/mol. The van der Waals surface area contributed by atoms with Gasteiger partial charge in [0, 0.05) is 25.7 Å². The highest BCUT2D eigenvalue weighted by Gasteiger charge is 2.15. The Bertz CT molecular complexity index is 193. The van der Waals surface area contributed by atoms with Crippen molar-refractivity contribution in [3.8, 4) is 0 Å². The molecule has 0 rings (SSSR count). The average Bonchev–Trinajstić information content (AvgIpc) is 2.19. The highest BCUT2D eigenvalue weighted by Crippen LogP contribution is 2.13. The van der Waals surface area contributed by atoms with E-state index in [4.69, 9.17) is 9.84 Å². The first-order valence-corrected chi connectivity index (χ1v) is 5.94. The molecule has 0 heterocycles. The third kappa shape index (κ3) is 9.93. The zero-order valence-corrected chi connectivity index (χ0v) is 10.7. The normalized spacial score (nSPS) is 11.7. The van der Waals surface area contributed by atoms with Gasteiger partial charge in [0.05, 0.1) is 0 Å². The van der Waals surface area contributed by atoms with E-state index < -0.39 is 5.97 Å². The van der Waals surface area contributed by atoms with E-state index in [0.29, 0.717) is 0 Å². The number of unbranched alkanes of at least 4 members (excludes halogenated alkanes) is 1. The van der Waals surface area contributed by atoms with Crippen LogP contribution in [0, 0.1) is 0 Å². The van der Waals surface area contributed by atoms with E-state index >= 15 is 0 Å². The highest BCUT2D eigenvalue weighted by molar-refractivity contribution is 5.66. The van der Waals surface area contributed by atoms with E-state index in [-0.39, 0.29) is 12.0 Å².